The zero-order chi connectivity index (χ0) is 13.2. The van der Waals surface area contributed by atoms with E-state index in [2.05, 4.69) is 51.6 Å². The Morgan fingerprint density at radius 3 is 2.42 bits per heavy atom. The Morgan fingerprint density at radius 1 is 0.842 bits per heavy atom. The number of hydrogen-bond acceptors (Lipinski definition) is 2. The van der Waals surface area contributed by atoms with Crippen molar-refractivity contribution in [3.8, 4) is 0 Å². The first-order valence-corrected chi connectivity index (χ1v) is 6.82. The fourth-order valence-corrected chi connectivity index (χ4v) is 2.45. The van der Waals surface area contributed by atoms with Crippen LogP contribution < -0.4 is 11.1 Å². The Hall–Kier alpha value is -2.00. The van der Waals surface area contributed by atoms with Crippen molar-refractivity contribution in [3.05, 3.63) is 65.1 Å². The number of rotatable bonds is 2. The molecule has 0 amide bonds. The van der Waals surface area contributed by atoms with Gasteiger partial charge in [0.25, 0.3) is 0 Å². The van der Waals surface area contributed by atoms with Crippen LogP contribution in [0.2, 0.25) is 0 Å². The van der Waals surface area contributed by atoms with Crippen molar-refractivity contribution in [3.63, 3.8) is 0 Å². The van der Waals surface area contributed by atoms with Crippen molar-refractivity contribution >= 4 is 43.8 Å². The molecule has 3 aromatic rings. The minimum absolute atomic E-state index is 0.725. The molecular weight excluding hydrogens is 300 g/mol. The molecule has 3 aromatic carbocycles. The van der Waals surface area contributed by atoms with Gasteiger partial charge in [-0.05, 0) is 41.1 Å². The van der Waals surface area contributed by atoms with Crippen molar-refractivity contribution in [2.75, 3.05) is 11.1 Å². The summed E-state index contributed by atoms with van der Waals surface area (Å²) in [5.41, 5.74) is 8.66. The van der Waals surface area contributed by atoms with Gasteiger partial charge in [-0.25, -0.2) is 0 Å². The Kier molecular flexibility index (Phi) is 3.13. The second-order valence-corrected chi connectivity index (χ2v) is 5.33. The molecule has 0 radical (unpaired) electrons. The summed E-state index contributed by atoms with van der Waals surface area (Å²) in [6.07, 6.45) is 0. The van der Waals surface area contributed by atoms with Gasteiger partial charge >= 0.3 is 0 Å². The van der Waals surface area contributed by atoms with E-state index in [1.807, 2.05) is 30.3 Å². The molecule has 0 heterocycles. The molecule has 3 rings (SSSR count). The molecule has 0 aliphatic carbocycles. The average molecular weight is 313 g/mol. The van der Waals surface area contributed by atoms with Gasteiger partial charge in [-0.15, -0.1) is 0 Å². The van der Waals surface area contributed by atoms with Crippen LogP contribution in [0.15, 0.2) is 65.1 Å². The summed E-state index contributed by atoms with van der Waals surface area (Å²) in [4.78, 5) is 0. The summed E-state index contributed by atoms with van der Waals surface area (Å²) >= 11 is 3.41. The van der Waals surface area contributed by atoms with Gasteiger partial charge in [0.1, 0.15) is 0 Å². The third-order valence-electron chi connectivity index (χ3n) is 3.04. The van der Waals surface area contributed by atoms with E-state index in [9.17, 15) is 0 Å². The highest BCUT2D eigenvalue weighted by molar-refractivity contribution is 9.10. The molecule has 0 fully saturated rings. The normalized spacial score (nSPS) is 10.6. The number of anilines is 3. The number of benzene rings is 3. The van der Waals surface area contributed by atoms with E-state index in [-0.39, 0.29) is 0 Å². The predicted octanol–water partition coefficient (Wildman–Crippen LogP) is 4.93. The van der Waals surface area contributed by atoms with Crippen LogP contribution in [-0.4, -0.2) is 0 Å². The van der Waals surface area contributed by atoms with Crippen molar-refractivity contribution < 1.29 is 0 Å². The molecule has 0 aromatic heterocycles. The molecule has 0 aliphatic rings. The van der Waals surface area contributed by atoms with E-state index in [0.29, 0.717) is 0 Å². The van der Waals surface area contributed by atoms with Crippen molar-refractivity contribution in [2.45, 2.75) is 0 Å². The summed E-state index contributed by atoms with van der Waals surface area (Å²) in [5.74, 6) is 0. The number of nitrogens with two attached hydrogens (primary N) is 1. The Bertz CT molecular complexity index is 738. The lowest BCUT2D eigenvalue weighted by Gasteiger charge is -2.10. The molecule has 2 nitrogen and oxygen atoms in total. The third-order valence-corrected chi connectivity index (χ3v) is 3.54. The summed E-state index contributed by atoms with van der Waals surface area (Å²) in [7, 11) is 0. The fraction of sp³-hybridized carbons (Fsp3) is 0. The number of nitrogen functional groups attached to an aromatic ring is 1. The fourth-order valence-electron chi connectivity index (χ4n) is 2.07. The quantitative estimate of drug-likeness (QED) is 0.658. The first kappa shape index (κ1) is 12.1. The monoisotopic (exact) mass is 312 g/mol. The third kappa shape index (κ3) is 2.56. The van der Waals surface area contributed by atoms with E-state index >= 15 is 0 Å². The zero-order valence-corrected chi connectivity index (χ0v) is 11.8. The highest BCUT2D eigenvalue weighted by atomic mass is 79.9. The van der Waals surface area contributed by atoms with Crippen LogP contribution >= 0.6 is 15.9 Å². The van der Waals surface area contributed by atoms with Crippen LogP contribution in [-0.2, 0) is 0 Å². The van der Waals surface area contributed by atoms with E-state index in [4.69, 9.17) is 5.73 Å². The lowest BCUT2D eigenvalue weighted by Crippen LogP contribution is -1.96. The number of halogens is 1. The van der Waals surface area contributed by atoms with E-state index in [0.717, 1.165) is 21.5 Å². The molecule has 94 valence electrons. The van der Waals surface area contributed by atoms with Gasteiger partial charge in [-0.2, -0.15) is 0 Å². The minimum Gasteiger partial charge on any atom is -0.397 e. The number of fused-ring (bicyclic) bond motifs is 1. The molecule has 0 saturated carbocycles. The molecule has 3 N–H and O–H groups in total. The van der Waals surface area contributed by atoms with Crippen molar-refractivity contribution in [2.24, 2.45) is 0 Å². The average Bonchev–Trinajstić information content (AvgIpc) is 2.42. The van der Waals surface area contributed by atoms with E-state index in [1.165, 1.54) is 10.8 Å². The maximum absolute atomic E-state index is 5.99. The second-order valence-electron chi connectivity index (χ2n) is 4.42. The number of nitrogens with one attached hydrogen (secondary N) is 1. The van der Waals surface area contributed by atoms with Gasteiger partial charge in [0.2, 0.25) is 0 Å². The largest absolute Gasteiger partial charge is 0.397 e. The smallest absolute Gasteiger partial charge is 0.0618 e. The molecule has 0 atom stereocenters. The molecule has 0 spiro atoms. The van der Waals surface area contributed by atoms with Crippen LogP contribution in [0.4, 0.5) is 17.1 Å². The summed E-state index contributed by atoms with van der Waals surface area (Å²) < 4.78 is 0.981. The van der Waals surface area contributed by atoms with Crippen LogP contribution in [0.5, 0.6) is 0 Å². The van der Waals surface area contributed by atoms with Gasteiger partial charge in [-0.3, -0.25) is 0 Å². The first-order valence-electron chi connectivity index (χ1n) is 6.03. The van der Waals surface area contributed by atoms with Crippen molar-refractivity contribution in [1.82, 2.24) is 0 Å². The zero-order valence-electron chi connectivity index (χ0n) is 10.2. The molecule has 19 heavy (non-hydrogen) atoms. The molecular formula is C16H13BrN2. The lowest BCUT2D eigenvalue weighted by atomic mass is 10.1. The van der Waals surface area contributed by atoms with Crippen LogP contribution in [0.3, 0.4) is 0 Å². The Balaban J connectivity index is 1.96. The van der Waals surface area contributed by atoms with Gasteiger partial charge in [0.05, 0.1) is 11.4 Å². The maximum Gasteiger partial charge on any atom is 0.0618 e. The number of hydrogen-bond donors (Lipinski definition) is 2. The lowest BCUT2D eigenvalue weighted by molar-refractivity contribution is 1.54. The van der Waals surface area contributed by atoms with Gasteiger partial charge < -0.3 is 11.1 Å². The molecule has 3 heteroatoms. The van der Waals surface area contributed by atoms with Crippen molar-refractivity contribution in [1.29, 1.82) is 0 Å². The Labute approximate surface area is 120 Å². The molecule has 0 bridgehead atoms. The minimum atomic E-state index is 0.725. The van der Waals surface area contributed by atoms with Crippen LogP contribution in [0.1, 0.15) is 0 Å². The van der Waals surface area contributed by atoms with Crippen LogP contribution in [0.25, 0.3) is 10.8 Å². The summed E-state index contributed by atoms with van der Waals surface area (Å²) in [5, 5.41) is 5.79. The van der Waals surface area contributed by atoms with Crippen LogP contribution in [0, 0.1) is 0 Å². The van der Waals surface area contributed by atoms with E-state index < -0.39 is 0 Å². The van der Waals surface area contributed by atoms with Gasteiger partial charge in [0.15, 0.2) is 0 Å². The van der Waals surface area contributed by atoms with Gasteiger partial charge in [0, 0.05) is 10.2 Å². The molecule has 0 unspecified atom stereocenters. The molecule has 0 saturated heterocycles. The highest BCUT2D eigenvalue weighted by Crippen LogP contribution is 2.27. The standard InChI is InChI=1S/C16H13BrN2/c17-13-6-8-16(15(18)10-13)19-14-7-5-11-3-1-2-4-12(11)9-14/h1-10,19H,18H2. The first-order chi connectivity index (χ1) is 9.22. The van der Waals surface area contributed by atoms with E-state index in [1.54, 1.807) is 0 Å². The van der Waals surface area contributed by atoms with Gasteiger partial charge in [-0.1, -0.05) is 46.3 Å². The predicted molar refractivity (Wildman–Crippen MR) is 85.8 cm³/mol. The maximum atomic E-state index is 5.99. The topological polar surface area (TPSA) is 38.0 Å². The summed E-state index contributed by atoms with van der Waals surface area (Å²) in [6, 6.07) is 20.4. The second kappa shape index (κ2) is 4.94. The highest BCUT2D eigenvalue weighted by Gasteiger charge is 2.01. The summed E-state index contributed by atoms with van der Waals surface area (Å²) in [6.45, 7) is 0. The Morgan fingerprint density at radius 2 is 1.63 bits per heavy atom. The SMILES string of the molecule is Nc1cc(Br)ccc1Nc1ccc2ccccc2c1. The molecule has 0 aliphatic heterocycles.